The van der Waals surface area contributed by atoms with Gasteiger partial charge in [-0.15, -0.1) is 0 Å². The first-order valence-electron chi connectivity index (χ1n) is 8.84. The Morgan fingerprint density at radius 1 is 1.14 bits per heavy atom. The number of H-pyrrole nitrogens is 1. The maximum Gasteiger partial charge on any atom is 0.280 e. The van der Waals surface area contributed by atoms with Gasteiger partial charge in [0.1, 0.15) is 5.75 Å². The fraction of sp³-hybridized carbons (Fsp3) is 0.190. The summed E-state index contributed by atoms with van der Waals surface area (Å²) in [5.41, 5.74) is 6.01. The van der Waals surface area contributed by atoms with E-state index >= 15 is 0 Å². The molecule has 0 aliphatic rings. The van der Waals surface area contributed by atoms with E-state index in [1.807, 2.05) is 62.4 Å². The van der Waals surface area contributed by atoms with Crippen molar-refractivity contribution in [3.05, 3.63) is 81.3 Å². The number of nitrogens with one attached hydrogen (secondary N) is 2. The molecule has 0 spiro atoms. The van der Waals surface area contributed by atoms with Crippen molar-refractivity contribution in [2.45, 2.75) is 20.8 Å². The smallest absolute Gasteiger partial charge is 0.280 e. The van der Waals surface area contributed by atoms with Crippen LogP contribution in [-0.2, 0) is 4.79 Å². The number of aromatic amines is 1. The molecule has 2 aromatic carbocycles. The maximum atomic E-state index is 12.5. The summed E-state index contributed by atoms with van der Waals surface area (Å²) in [6.45, 7) is 5.53. The highest BCUT2D eigenvalue weighted by Crippen LogP contribution is 2.15. The molecule has 0 fully saturated rings. The Balaban J connectivity index is 1.62. The standard InChI is InChI=1S/C21H22N4O3/c1-14-9-15(2)11-18(10-14)28-13-20(26)23-22-12-19-16(3)24-25(21(19)27)17-7-5-4-6-8-17/h4-12,24H,13H2,1-3H3,(H,23,26)/b22-12+. The van der Waals surface area contributed by atoms with Crippen LogP contribution >= 0.6 is 0 Å². The van der Waals surface area contributed by atoms with Crippen molar-refractivity contribution >= 4 is 12.1 Å². The highest BCUT2D eigenvalue weighted by atomic mass is 16.5. The van der Waals surface area contributed by atoms with E-state index < -0.39 is 5.91 Å². The molecule has 1 heterocycles. The molecule has 7 nitrogen and oxygen atoms in total. The summed E-state index contributed by atoms with van der Waals surface area (Å²) in [6.07, 6.45) is 1.34. The number of hydrogen-bond acceptors (Lipinski definition) is 4. The number of hydrazone groups is 1. The van der Waals surface area contributed by atoms with Crippen molar-refractivity contribution in [2.24, 2.45) is 5.10 Å². The molecule has 0 atom stereocenters. The van der Waals surface area contributed by atoms with Gasteiger partial charge in [0.2, 0.25) is 0 Å². The number of aromatic nitrogens is 2. The van der Waals surface area contributed by atoms with Crippen LogP contribution in [0.5, 0.6) is 5.75 Å². The van der Waals surface area contributed by atoms with E-state index in [2.05, 4.69) is 15.6 Å². The molecule has 1 amide bonds. The number of para-hydroxylation sites is 1. The Hall–Kier alpha value is -3.61. The van der Waals surface area contributed by atoms with E-state index in [0.717, 1.165) is 16.8 Å². The molecular weight excluding hydrogens is 356 g/mol. The van der Waals surface area contributed by atoms with E-state index in [1.54, 1.807) is 6.92 Å². The molecule has 28 heavy (non-hydrogen) atoms. The Labute approximate surface area is 162 Å². The highest BCUT2D eigenvalue weighted by molar-refractivity contribution is 5.83. The van der Waals surface area contributed by atoms with Crippen molar-refractivity contribution in [2.75, 3.05) is 6.61 Å². The van der Waals surface area contributed by atoms with Crippen LogP contribution in [0.15, 0.2) is 58.4 Å². The number of hydrogen-bond donors (Lipinski definition) is 2. The third-order valence-electron chi connectivity index (χ3n) is 4.08. The fourth-order valence-corrected chi connectivity index (χ4v) is 2.84. The van der Waals surface area contributed by atoms with Crippen LogP contribution in [0.2, 0.25) is 0 Å². The molecule has 0 saturated carbocycles. The average Bonchev–Trinajstić information content (AvgIpc) is 2.94. The highest BCUT2D eigenvalue weighted by Gasteiger charge is 2.10. The minimum Gasteiger partial charge on any atom is -0.484 e. The third-order valence-corrected chi connectivity index (χ3v) is 4.08. The van der Waals surface area contributed by atoms with E-state index in [4.69, 9.17) is 4.74 Å². The van der Waals surface area contributed by atoms with Crippen molar-refractivity contribution in [1.29, 1.82) is 0 Å². The average molecular weight is 378 g/mol. The van der Waals surface area contributed by atoms with Crippen LogP contribution in [-0.4, -0.2) is 28.5 Å². The summed E-state index contributed by atoms with van der Waals surface area (Å²) in [4.78, 5) is 24.5. The van der Waals surface area contributed by atoms with Gasteiger partial charge in [0.25, 0.3) is 11.5 Å². The SMILES string of the molecule is Cc1cc(C)cc(OCC(=O)N/N=C/c2c(C)[nH]n(-c3ccccc3)c2=O)c1. The zero-order valence-electron chi connectivity index (χ0n) is 16.0. The van der Waals surface area contributed by atoms with Gasteiger partial charge in [0.15, 0.2) is 6.61 Å². The monoisotopic (exact) mass is 378 g/mol. The van der Waals surface area contributed by atoms with E-state index in [9.17, 15) is 9.59 Å². The van der Waals surface area contributed by atoms with Gasteiger partial charge in [-0.25, -0.2) is 10.1 Å². The summed E-state index contributed by atoms with van der Waals surface area (Å²) in [7, 11) is 0. The minimum atomic E-state index is -0.410. The third kappa shape index (κ3) is 4.56. The second-order valence-corrected chi connectivity index (χ2v) is 6.53. The summed E-state index contributed by atoms with van der Waals surface area (Å²) in [6, 6.07) is 15.0. The molecule has 0 bridgehead atoms. The molecule has 144 valence electrons. The fourth-order valence-electron chi connectivity index (χ4n) is 2.84. The lowest BCUT2D eigenvalue weighted by molar-refractivity contribution is -0.123. The quantitative estimate of drug-likeness (QED) is 0.510. The van der Waals surface area contributed by atoms with Crippen LogP contribution in [0.1, 0.15) is 22.4 Å². The first kappa shape index (κ1) is 19.2. The van der Waals surface area contributed by atoms with Gasteiger partial charge < -0.3 is 4.74 Å². The van der Waals surface area contributed by atoms with E-state index in [1.165, 1.54) is 10.9 Å². The van der Waals surface area contributed by atoms with Crippen molar-refractivity contribution in [1.82, 2.24) is 15.2 Å². The lowest BCUT2D eigenvalue weighted by atomic mass is 10.1. The van der Waals surface area contributed by atoms with Gasteiger partial charge in [-0.3, -0.25) is 14.7 Å². The Bertz CT molecular complexity index is 1040. The predicted molar refractivity (Wildman–Crippen MR) is 108 cm³/mol. The largest absolute Gasteiger partial charge is 0.484 e. The van der Waals surface area contributed by atoms with Gasteiger partial charge >= 0.3 is 0 Å². The summed E-state index contributed by atoms with van der Waals surface area (Å²) >= 11 is 0. The summed E-state index contributed by atoms with van der Waals surface area (Å²) in [5, 5.41) is 6.88. The predicted octanol–water partition coefficient (Wildman–Crippen LogP) is 2.62. The van der Waals surface area contributed by atoms with Gasteiger partial charge in [-0.05, 0) is 56.2 Å². The molecule has 1 aromatic heterocycles. The van der Waals surface area contributed by atoms with Gasteiger partial charge in [-0.2, -0.15) is 5.10 Å². The second-order valence-electron chi connectivity index (χ2n) is 6.53. The van der Waals surface area contributed by atoms with Crippen LogP contribution in [0.4, 0.5) is 0 Å². The second kappa shape index (κ2) is 8.39. The molecule has 0 aliphatic carbocycles. The number of benzene rings is 2. The molecule has 0 saturated heterocycles. The zero-order valence-corrected chi connectivity index (χ0v) is 16.0. The molecule has 2 N–H and O–H groups in total. The molecule has 3 rings (SSSR count). The van der Waals surface area contributed by atoms with E-state index in [0.29, 0.717) is 17.0 Å². The van der Waals surface area contributed by atoms with Crippen LogP contribution in [0.3, 0.4) is 0 Å². The number of amides is 1. The number of aryl methyl sites for hydroxylation is 3. The number of carbonyl (C=O) groups excluding carboxylic acids is 1. The van der Waals surface area contributed by atoms with Crippen molar-refractivity contribution in [3.8, 4) is 11.4 Å². The number of ether oxygens (including phenoxy) is 1. The first-order valence-corrected chi connectivity index (χ1v) is 8.84. The maximum absolute atomic E-state index is 12.5. The molecule has 0 unspecified atom stereocenters. The van der Waals surface area contributed by atoms with Gasteiger partial charge in [0, 0.05) is 5.69 Å². The number of rotatable bonds is 6. The first-order chi connectivity index (χ1) is 13.4. The Morgan fingerprint density at radius 3 is 2.50 bits per heavy atom. The molecule has 0 radical (unpaired) electrons. The van der Waals surface area contributed by atoms with Crippen molar-refractivity contribution < 1.29 is 9.53 Å². The number of nitrogens with zero attached hydrogens (tertiary/aromatic N) is 2. The number of carbonyl (C=O) groups is 1. The normalized spacial score (nSPS) is 11.0. The summed E-state index contributed by atoms with van der Waals surface area (Å²) < 4.78 is 6.92. The zero-order chi connectivity index (χ0) is 20.1. The topological polar surface area (TPSA) is 88.5 Å². The lowest BCUT2D eigenvalue weighted by Crippen LogP contribution is -2.25. The van der Waals surface area contributed by atoms with Crippen LogP contribution in [0.25, 0.3) is 5.69 Å². The van der Waals surface area contributed by atoms with Gasteiger partial charge in [-0.1, -0.05) is 24.3 Å². The lowest BCUT2D eigenvalue weighted by Gasteiger charge is -2.07. The molecule has 7 heteroatoms. The van der Waals surface area contributed by atoms with Crippen LogP contribution in [0, 0.1) is 20.8 Å². The Kier molecular flexibility index (Phi) is 5.74. The minimum absolute atomic E-state index is 0.166. The van der Waals surface area contributed by atoms with Gasteiger partial charge in [0.05, 0.1) is 17.5 Å². The summed E-state index contributed by atoms with van der Waals surface area (Å²) in [5.74, 6) is 0.218. The van der Waals surface area contributed by atoms with Crippen LogP contribution < -0.4 is 15.7 Å². The van der Waals surface area contributed by atoms with E-state index in [-0.39, 0.29) is 12.2 Å². The molecule has 0 aliphatic heterocycles. The Morgan fingerprint density at radius 2 is 1.82 bits per heavy atom. The molecule has 3 aromatic rings. The molecular formula is C21H22N4O3. The van der Waals surface area contributed by atoms with Crippen molar-refractivity contribution in [3.63, 3.8) is 0 Å².